The molecular weight excluding hydrogens is 253 g/mol. The number of carboxylic acids is 1. The third kappa shape index (κ3) is 4.95. The standard InChI is InChI=1S/C13H16FNO4/c1-13(2,3)19-12(18)15-10(11(16)17)8-4-6-9(14)7-5-8/h4-7,10H,1-3H3,(H,15,18)(H,16,17)/p-1/t10-/m1/s1. The van der Waals surface area contributed by atoms with Crippen LogP contribution in [0, 0.1) is 5.82 Å². The highest BCUT2D eigenvalue weighted by molar-refractivity contribution is 5.80. The molecule has 1 aromatic rings. The van der Waals surface area contributed by atoms with Gasteiger partial charge in [0.25, 0.3) is 0 Å². The van der Waals surface area contributed by atoms with Crippen molar-refractivity contribution in [3.8, 4) is 0 Å². The van der Waals surface area contributed by atoms with Crippen LogP contribution in [0.1, 0.15) is 32.4 Å². The molecule has 104 valence electrons. The lowest BCUT2D eigenvalue weighted by atomic mass is 10.1. The second-order valence-corrected chi connectivity index (χ2v) is 4.95. The van der Waals surface area contributed by atoms with E-state index in [1.165, 1.54) is 12.1 Å². The van der Waals surface area contributed by atoms with Crippen molar-refractivity contribution in [2.45, 2.75) is 32.4 Å². The summed E-state index contributed by atoms with van der Waals surface area (Å²) in [6.07, 6.45) is -0.883. The lowest BCUT2D eigenvalue weighted by Gasteiger charge is -2.24. The second kappa shape index (κ2) is 5.69. The van der Waals surface area contributed by atoms with Gasteiger partial charge in [-0.25, -0.2) is 9.18 Å². The van der Waals surface area contributed by atoms with Crippen LogP contribution in [0.4, 0.5) is 9.18 Å². The molecule has 0 spiro atoms. The average molecular weight is 268 g/mol. The van der Waals surface area contributed by atoms with Gasteiger partial charge >= 0.3 is 6.09 Å². The van der Waals surface area contributed by atoms with Crippen molar-refractivity contribution >= 4 is 12.1 Å². The number of aliphatic carboxylic acids is 1. The normalized spacial score (nSPS) is 12.6. The first kappa shape index (κ1) is 14.9. The fraction of sp³-hybridized carbons (Fsp3) is 0.385. The first-order valence-electron chi connectivity index (χ1n) is 5.65. The van der Waals surface area contributed by atoms with Gasteiger partial charge in [0, 0.05) is 0 Å². The van der Waals surface area contributed by atoms with Crippen molar-refractivity contribution in [2.75, 3.05) is 0 Å². The summed E-state index contributed by atoms with van der Waals surface area (Å²) in [6, 6.07) is 3.32. The Bertz CT molecular complexity index is 465. The zero-order valence-electron chi connectivity index (χ0n) is 10.9. The minimum Gasteiger partial charge on any atom is -0.548 e. The lowest BCUT2D eigenvalue weighted by molar-refractivity contribution is -0.308. The Morgan fingerprint density at radius 3 is 2.21 bits per heavy atom. The van der Waals surface area contributed by atoms with Crippen LogP contribution in [-0.4, -0.2) is 17.7 Å². The van der Waals surface area contributed by atoms with Gasteiger partial charge in [-0.05, 0) is 38.5 Å². The number of ether oxygens (including phenoxy) is 1. The largest absolute Gasteiger partial charge is 0.548 e. The average Bonchev–Trinajstić information content (AvgIpc) is 2.24. The van der Waals surface area contributed by atoms with Gasteiger partial charge < -0.3 is 20.0 Å². The molecule has 0 aliphatic carbocycles. The van der Waals surface area contributed by atoms with Gasteiger partial charge in [-0.2, -0.15) is 0 Å². The fourth-order valence-electron chi connectivity index (χ4n) is 1.36. The van der Waals surface area contributed by atoms with Crippen LogP contribution >= 0.6 is 0 Å². The monoisotopic (exact) mass is 268 g/mol. The minimum absolute atomic E-state index is 0.201. The van der Waals surface area contributed by atoms with E-state index in [-0.39, 0.29) is 5.56 Å². The SMILES string of the molecule is CC(C)(C)OC(=O)N[C@@H](C(=O)[O-])c1ccc(F)cc1. The molecular formula is C13H15FNO4-. The van der Waals surface area contributed by atoms with E-state index in [2.05, 4.69) is 5.32 Å². The molecule has 0 heterocycles. The van der Waals surface area contributed by atoms with E-state index in [4.69, 9.17) is 4.74 Å². The summed E-state index contributed by atoms with van der Waals surface area (Å²) in [5.74, 6) is -2.00. The van der Waals surface area contributed by atoms with Crippen LogP contribution in [0.3, 0.4) is 0 Å². The number of halogens is 1. The smallest absolute Gasteiger partial charge is 0.408 e. The number of carboxylic acid groups (broad SMARTS) is 1. The van der Waals surface area contributed by atoms with Crippen LogP contribution in [0.25, 0.3) is 0 Å². The van der Waals surface area contributed by atoms with Crippen LogP contribution in [0.2, 0.25) is 0 Å². The quantitative estimate of drug-likeness (QED) is 0.891. The fourth-order valence-corrected chi connectivity index (χ4v) is 1.36. The number of amides is 1. The van der Waals surface area contributed by atoms with Crippen LogP contribution < -0.4 is 10.4 Å². The van der Waals surface area contributed by atoms with Gasteiger partial charge in [0.15, 0.2) is 0 Å². The highest BCUT2D eigenvalue weighted by atomic mass is 19.1. The van der Waals surface area contributed by atoms with Crippen LogP contribution in [-0.2, 0) is 9.53 Å². The van der Waals surface area contributed by atoms with E-state index in [9.17, 15) is 19.1 Å². The Labute approximate surface area is 110 Å². The van der Waals surface area contributed by atoms with Crippen molar-refractivity contribution in [3.63, 3.8) is 0 Å². The van der Waals surface area contributed by atoms with Crippen LogP contribution in [0.15, 0.2) is 24.3 Å². The van der Waals surface area contributed by atoms with Crippen LogP contribution in [0.5, 0.6) is 0 Å². The Morgan fingerprint density at radius 1 is 1.26 bits per heavy atom. The number of rotatable bonds is 3. The summed E-state index contributed by atoms with van der Waals surface area (Å²) < 4.78 is 17.7. The maximum absolute atomic E-state index is 12.8. The molecule has 0 aromatic heterocycles. The third-order valence-electron chi connectivity index (χ3n) is 2.10. The summed E-state index contributed by atoms with van der Waals surface area (Å²) in [5, 5.41) is 13.2. The number of benzene rings is 1. The topological polar surface area (TPSA) is 78.5 Å². The van der Waals surface area contributed by atoms with Gasteiger partial charge in [-0.1, -0.05) is 12.1 Å². The summed E-state index contributed by atoms with van der Waals surface area (Å²) in [5.41, 5.74) is -0.545. The van der Waals surface area contributed by atoms with Gasteiger partial charge in [0.1, 0.15) is 11.4 Å². The highest BCUT2D eigenvalue weighted by Crippen LogP contribution is 2.15. The molecule has 1 atom stereocenters. The molecule has 6 heteroatoms. The minimum atomic E-state index is -1.50. The Hall–Kier alpha value is -2.11. The molecule has 1 amide bonds. The molecule has 0 bridgehead atoms. The number of carbonyl (C=O) groups is 2. The van der Waals surface area contributed by atoms with Crippen molar-refractivity contribution in [1.29, 1.82) is 0 Å². The summed E-state index contributed by atoms with van der Waals surface area (Å²) in [7, 11) is 0. The zero-order chi connectivity index (χ0) is 14.6. The maximum atomic E-state index is 12.8. The van der Waals surface area contributed by atoms with Gasteiger partial charge in [-0.15, -0.1) is 0 Å². The first-order valence-corrected chi connectivity index (χ1v) is 5.65. The van der Waals surface area contributed by atoms with E-state index in [1.807, 2.05) is 0 Å². The van der Waals surface area contributed by atoms with Crippen molar-refractivity contribution < 1.29 is 23.8 Å². The van der Waals surface area contributed by atoms with E-state index in [0.717, 1.165) is 12.1 Å². The number of hydrogen-bond donors (Lipinski definition) is 1. The van der Waals surface area contributed by atoms with Crippen molar-refractivity contribution in [3.05, 3.63) is 35.6 Å². The predicted octanol–water partition coefficient (Wildman–Crippen LogP) is 1.14. The molecule has 0 radical (unpaired) electrons. The summed E-state index contributed by atoms with van der Waals surface area (Å²) in [6.45, 7) is 4.95. The van der Waals surface area contributed by atoms with E-state index >= 15 is 0 Å². The summed E-state index contributed by atoms with van der Waals surface area (Å²) in [4.78, 5) is 22.5. The van der Waals surface area contributed by atoms with Crippen molar-refractivity contribution in [2.24, 2.45) is 0 Å². The number of nitrogens with one attached hydrogen (secondary N) is 1. The molecule has 0 saturated carbocycles. The molecule has 19 heavy (non-hydrogen) atoms. The van der Waals surface area contributed by atoms with Crippen molar-refractivity contribution in [1.82, 2.24) is 5.32 Å². The molecule has 0 unspecified atom stereocenters. The highest BCUT2D eigenvalue weighted by Gasteiger charge is 2.21. The molecule has 5 nitrogen and oxygen atoms in total. The molecule has 0 aliphatic heterocycles. The van der Waals surface area contributed by atoms with Gasteiger partial charge in [0.05, 0.1) is 12.0 Å². The summed E-state index contributed by atoms with van der Waals surface area (Å²) >= 11 is 0. The molecule has 0 fully saturated rings. The van der Waals surface area contributed by atoms with Gasteiger partial charge in [0.2, 0.25) is 0 Å². The molecule has 0 saturated heterocycles. The number of alkyl carbamates (subject to hydrolysis) is 1. The maximum Gasteiger partial charge on any atom is 0.408 e. The van der Waals surface area contributed by atoms with E-state index < -0.39 is 29.5 Å². The number of carbonyl (C=O) groups excluding carboxylic acids is 2. The lowest BCUT2D eigenvalue weighted by Crippen LogP contribution is -2.43. The van der Waals surface area contributed by atoms with E-state index in [1.54, 1.807) is 20.8 Å². The zero-order valence-corrected chi connectivity index (χ0v) is 10.9. The molecule has 1 rings (SSSR count). The number of hydrogen-bond acceptors (Lipinski definition) is 4. The third-order valence-corrected chi connectivity index (χ3v) is 2.10. The Kier molecular flexibility index (Phi) is 4.47. The van der Waals surface area contributed by atoms with Gasteiger partial charge in [-0.3, -0.25) is 0 Å². The van der Waals surface area contributed by atoms with E-state index in [0.29, 0.717) is 0 Å². The molecule has 1 aromatic carbocycles. The Morgan fingerprint density at radius 2 is 1.79 bits per heavy atom. The predicted molar refractivity (Wildman–Crippen MR) is 63.5 cm³/mol. The molecule has 0 aliphatic rings. The Balaban J connectivity index is 2.82. The second-order valence-electron chi connectivity index (χ2n) is 4.95. The first-order chi connectivity index (χ1) is 8.69. The molecule has 1 N–H and O–H groups in total.